The van der Waals surface area contributed by atoms with Crippen LogP contribution in [0.1, 0.15) is 18.5 Å². The van der Waals surface area contributed by atoms with Crippen LogP contribution in [0.25, 0.3) is 11.5 Å². The molecule has 150 valence electrons. The average molecular weight is 422 g/mol. The fourth-order valence-corrected chi connectivity index (χ4v) is 2.67. The molecule has 7 nitrogen and oxygen atoms in total. The van der Waals surface area contributed by atoms with Crippen LogP contribution in [0.2, 0.25) is 5.15 Å². The smallest absolute Gasteiger partial charge is 0.354 e. The largest absolute Gasteiger partial charge is 0.433 e. The molecule has 3 aromatic heterocycles. The predicted octanol–water partition coefficient (Wildman–Crippen LogP) is 4.57. The maximum atomic E-state index is 12.9. The summed E-state index contributed by atoms with van der Waals surface area (Å²) in [7, 11) is 0. The van der Waals surface area contributed by atoms with Gasteiger partial charge in [-0.1, -0.05) is 17.7 Å². The monoisotopic (exact) mass is 421 g/mol. The molecule has 1 saturated carbocycles. The molecule has 0 amide bonds. The van der Waals surface area contributed by atoms with Crippen LogP contribution in [0.5, 0.6) is 0 Å². The van der Waals surface area contributed by atoms with Crippen molar-refractivity contribution in [3.8, 4) is 11.5 Å². The van der Waals surface area contributed by atoms with Gasteiger partial charge in [-0.25, -0.2) is 4.98 Å². The lowest BCUT2D eigenvalue weighted by molar-refractivity contribution is -0.141. The summed E-state index contributed by atoms with van der Waals surface area (Å²) in [5.74, 6) is 1.20. The first-order valence-corrected chi connectivity index (χ1v) is 9.18. The summed E-state index contributed by atoms with van der Waals surface area (Å²) in [6.45, 7) is 0.708. The molecule has 0 unspecified atom stereocenters. The van der Waals surface area contributed by atoms with Crippen molar-refractivity contribution in [3.63, 3.8) is 0 Å². The van der Waals surface area contributed by atoms with Gasteiger partial charge in [0.05, 0.1) is 0 Å². The number of pyridine rings is 2. The van der Waals surface area contributed by atoms with Gasteiger partial charge in [-0.05, 0) is 43.0 Å². The van der Waals surface area contributed by atoms with Crippen LogP contribution in [0.4, 0.5) is 30.8 Å². The molecule has 0 radical (unpaired) electrons. The lowest BCUT2D eigenvalue weighted by Crippen LogP contribution is -2.11. The molecule has 3 heterocycles. The van der Waals surface area contributed by atoms with Gasteiger partial charge in [-0.2, -0.15) is 28.1 Å². The number of halogens is 4. The Balaban J connectivity index is 1.66. The van der Waals surface area contributed by atoms with Crippen molar-refractivity contribution in [2.24, 2.45) is 5.92 Å². The number of hydrogen-bond acceptors (Lipinski definition) is 7. The number of aromatic nitrogens is 5. The van der Waals surface area contributed by atoms with Gasteiger partial charge in [0.25, 0.3) is 0 Å². The molecule has 11 heteroatoms. The van der Waals surface area contributed by atoms with E-state index in [1.54, 1.807) is 18.2 Å². The normalized spacial score (nSPS) is 13.9. The molecule has 29 heavy (non-hydrogen) atoms. The summed E-state index contributed by atoms with van der Waals surface area (Å²) in [5, 5.41) is 6.19. The van der Waals surface area contributed by atoms with Crippen molar-refractivity contribution >= 4 is 29.2 Å². The van der Waals surface area contributed by atoms with E-state index < -0.39 is 11.9 Å². The molecule has 0 saturated heterocycles. The van der Waals surface area contributed by atoms with E-state index >= 15 is 0 Å². The van der Waals surface area contributed by atoms with Gasteiger partial charge in [0, 0.05) is 18.4 Å². The lowest BCUT2D eigenvalue weighted by Gasteiger charge is -2.11. The van der Waals surface area contributed by atoms with Gasteiger partial charge in [-0.15, -0.1) is 0 Å². The Morgan fingerprint density at radius 2 is 1.83 bits per heavy atom. The molecule has 1 fully saturated rings. The van der Waals surface area contributed by atoms with E-state index in [1.165, 1.54) is 6.07 Å². The summed E-state index contributed by atoms with van der Waals surface area (Å²) in [5.41, 5.74) is -0.444. The molecule has 1 aliphatic carbocycles. The third-order valence-electron chi connectivity index (χ3n) is 4.13. The van der Waals surface area contributed by atoms with Crippen molar-refractivity contribution in [2.45, 2.75) is 19.0 Å². The third kappa shape index (κ3) is 5.08. The van der Waals surface area contributed by atoms with Crippen molar-refractivity contribution < 1.29 is 13.2 Å². The Hall–Kier alpha value is -3.01. The summed E-state index contributed by atoms with van der Waals surface area (Å²) >= 11 is 5.95. The SMILES string of the molecule is FC(F)(F)c1cc(Nc2nc(NCC3CC3)nc(-c3cccc(Cl)n3)n2)ccn1. The summed E-state index contributed by atoms with van der Waals surface area (Å²) in [4.78, 5) is 20.4. The van der Waals surface area contributed by atoms with Crippen LogP contribution >= 0.6 is 11.6 Å². The fourth-order valence-electron chi connectivity index (χ4n) is 2.51. The quantitative estimate of drug-likeness (QED) is 0.564. The van der Waals surface area contributed by atoms with Gasteiger partial charge >= 0.3 is 6.18 Å². The van der Waals surface area contributed by atoms with E-state index in [4.69, 9.17) is 11.6 Å². The molecule has 0 spiro atoms. The topological polar surface area (TPSA) is 88.5 Å². The van der Waals surface area contributed by atoms with Crippen LogP contribution in [0.15, 0.2) is 36.5 Å². The van der Waals surface area contributed by atoms with E-state index in [9.17, 15) is 13.2 Å². The molecule has 0 bridgehead atoms. The second-order valence-electron chi connectivity index (χ2n) is 6.53. The highest BCUT2D eigenvalue weighted by Gasteiger charge is 2.32. The molecule has 0 aliphatic heterocycles. The van der Waals surface area contributed by atoms with Crippen molar-refractivity contribution in [1.29, 1.82) is 0 Å². The molecule has 4 rings (SSSR count). The van der Waals surface area contributed by atoms with Gasteiger partial charge in [-0.3, -0.25) is 4.98 Å². The van der Waals surface area contributed by atoms with Crippen molar-refractivity contribution in [3.05, 3.63) is 47.4 Å². The van der Waals surface area contributed by atoms with Crippen LogP contribution < -0.4 is 10.6 Å². The number of alkyl halides is 3. The molecule has 0 aromatic carbocycles. The Kier molecular flexibility index (Phi) is 5.18. The highest BCUT2D eigenvalue weighted by Crippen LogP contribution is 2.30. The van der Waals surface area contributed by atoms with Crippen LogP contribution in [-0.2, 0) is 6.18 Å². The Morgan fingerprint density at radius 3 is 2.55 bits per heavy atom. The van der Waals surface area contributed by atoms with Crippen molar-refractivity contribution in [1.82, 2.24) is 24.9 Å². The van der Waals surface area contributed by atoms with E-state index in [0.717, 1.165) is 25.1 Å². The highest BCUT2D eigenvalue weighted by molar-refractivity contribution is 6.29. The lowest BCUT2D eigenvalue weighted by atomic mass is 10.3. The van der Waals surface area contributed by atoms with E-state index in [2.05, 4.69) is 35.6 Å². The van der Waals surface area contributed by atoms with Crippen LogP contribution in [-0.4, -0.2) is 31.5 Å². The van der Waals surface area contributed by atoms with E-state index in [1.807, 2.05) is 0 Å². The molecule has 1 aliphatic rings. The number of nitrogens with one attached hydrogen (secondary N) is 2. The Labute approximate surface area is 168 Å². The average Bonchev–Trinajstić information content (AvgIpc) is 3.50. The van der Waals surface area contributed by atoms with Crippen LogP contribution in [0.3, 0.4) is 0 Å². The minimum atomic E-state index is -4.55. The molecular formula is C18H15ClF3N7. The number of rotatable bonds is 6. The Bertz CT molecular complexity index is 1020. The minimum absolute atomic E-state index is 0.0781. The second kappa shape index (κ2) is 7.78. The molecule has 2 N–H and O–H groups in total. The number of anilines is 3. The van der Waals surface area contributed by atoms with E-state index in [0.29, 0.717) is 24.1 Å². The fraction of sp³-hybridized carbons (Fsp3) is 0.278. The van der Waals surface area contributed by atoms with Crippen LogP contribution in [0, 0.1) is 5.92 Å². The van der Waals surface area contributed by atoms with Crippen molar-refractivity contribution in [2.75, 3.05) is 17.2 Å². The first kappa shape index (κ1) is 19.3. The Morgan fingerprint density at radius 1 is 1.03 bits per heavy atom. The summed E-state index contributed by atoms with van der Waals surface area (Å²) in [6, 6.07) is 7.29. The van der Waals surface area contributed by atoms with E-state index in [-0.39, 0.29) is 22.6 Å². The zero-order valence-corrected chi connectivity index (χ0v) is 15.7. The highest BCUT2D eigenvalue weighted by atomic mass is 35.5. The summed E-state index contributed by atoms with van der Waals surface area (Å²) < 4.78 is 38.7. The van der Waals surface area contributed by atoms with Gasteiger partial charge in [0.2, 0.25) is 11.9 Å². The maximum absolute atomic E-state index is 12.9. The predicted molar refractivity (Wildman–Crippen MR) is 102 cm³/mol. The zero-order valence-electron chi connectivity index (χ0n) is 14.9. The third-order valence-corrected chi connectivity index (χ3v) is 4.34. The minimum Gasteiger partial charge on any atom is -0.354 e. The van der Waals surface area contributed by atoms with Gasteiger partial charge in [0.1, 0.15) is 16.5 Å². The number of nitrogens with zero attached hydrogens (tertiary/aromatic N) is 5. The molecular weight excluding hydrogens is 407 g/mol. The first-order valence-electron chi connectivity index (χ1n) is 8.80. The zero-order chi connectivity index (χ0) is 20.4. The number of hydrogen-bond donors (Lipinski definition) is 2. The summed E-state index contributed by atoms with van der Waals surface area (Å²) in [6.07, 6.45) is -1.20. The molecule has 0 atom stereocenters. The van der Waals surface area contributed by atoms with Gasteiger partial charge in [0.15, 0.2) is 5.82 Å². The first-order chi connectivity index (χ1) is 13.9. The van der Waals surface area contributed by atoms with Gasteiger partial charge < -0.3 is 10.6 Å². The maximum Gasteiger partial charge on any atom is 0.433 e. The molecule has 3 aromatic rings. The second-order valence-corrected chi connectivity index (χ2v) is 6.92. The standard InChI is InChI=1S/C18H15ClF3N7/c19-14-3-1-2-12(26-14)15-27-16(24-9-10-4-5-10)29-17(28-15)25-11-6-7-23-13(8-11)18(20,21)22/h1-3,6-8,10H,4-5,9H2,(H2,23,24,25,27,28,29).